The number of ether oxygens (including phenoxy) is 1. The molecule has 0 bridgehead atoms. The van der Waals surface area contributed by atoms with Gasteiger partial charge in [0.2, 0.25) is 0 Å². The van der Waals surface area contributed by atoms with E-state index < -0.39 is 0 Å². The summed E-state index contributed by atoms with van der Waals surface area (Å²) >= 11 is 1.26. The Kier molecular flexibility index (Phi) is 7.93. The maximum absolute atomic E-state index is 11.9. The number of aliphatic hydroxyl groups is 1. The number of nitrogen functional groups attached to an aromatic ring is 1. The minimum atomic E-state index is -0.216. The molecule has 1 aromatic rings. The van der Waals surface area contributed by atoms with Gasteiger partial charge in [-0.1, -0.05) is 18.3 Å². The van der Waals surface area contributed by atoms with Crippen LogP contribution in [0.25, 0.3) is 0 Å². The second kappa shape index (κ2) is 9.51. The lowest BCUT2D eigenvalue weighted by Crippen LogP contribution is -2.25. The maximum Gasteiger partial charge on any atom is 0.265 e. The first-order valence-electron chi connectivity index (χ1n) is 6.66. The molecule has 0 aromatic carbocycles. The summed E-state index contributed by atoms with van der Waals surface area (Å²) < 4.78 is 5.10. The summed E-state index contributed by atoms with van der Waals surface area (Å²) in [6, 6.07) is 0. The van der Waals surface area contributed by atoms with Gasteiger partial charge in [-0.25, -0.2) is 4.98 Å². The summed E-state index contributed by atoms with van der Waals surface area (Å²) in [6.45, 7) is 4.19. The SMILES string of the molecule is CCCNc1nc(N)c(C(=O)NCCCOCCO)s1. The Hall–Kier alpha value is -1.38. The second-order valence-corrected chi connectivity index (χ2v) is 5.10. The van der Waals surface area contributed by atoms with Crippen molar-refractivity contribution in [3.05, 3.63) is 4.88 Å². The van der Waals surface area contributed by atoms with Gasteiger partial charge in [0.25, 0.3) is 5.91 Å². The molecule has 1 heterocycles. The summed E-state index contributed by atoms with van der Waals surface area (Å²) in [5.41, 5.74) is 5.73. The first kappa shape index (κ1) is 16.7. The largest absolute Gasteiger partial charge is 0.394 e. The van der Waals surface area contributed by atoms with Crippen LogP contribution in [0.5, 0.6) is 0 Å². The molecule has 0 spiro atoms. The average molecular weight is 302 g/mol. The predicted octanol–water partition coefficient (Wildman–Crippen LogP) is 0.676. The lowest BCUT2D eigenvalue weighted by Gasteiger charge is -2.04. The first-order valence-corrected chi connectivity index (χ1v) is 7.47. The minimum Gasteiger partial charge on any atom is -0.394 e. The fraction of sp³-hybridized carbons (Fsp3) is 0.667. The maximum atomic E-state index is 11.9. The average Bonchev–Trinajstić information content (AvgIpc) is 2.81. The molecule has 0 fully saturated rings. The van der Waals surface area contributed by atoms with Crippen molar-refractivity contribution in [2.24, 2.45) is 0 Å². The monoisotopic (exact) mass is 302 g/mol. The van der Waals surface area contributed by atoms with E-state index in [1.54, 1.807) is 0 Å². The Morgan fingerprint density at radius 1 is 1.45 bits per heavy atom. The van der Waals surface area contributed by atoms with Gasteiger partial charge in [-0.05, 0) is 12.8 Å². The summed E-state index contributed by atoms with van der Waals surface area (Å²) in [5, 5.41) is 15.1. The molecule has 0 saturated carbocycles. The van der Waals surface area contributed by atoms with E-state index in [2.05, 4.69) is 22.5 Å². The Balaban J connectivity index is 2.33. The van der Waals surface area contributed by atoms with E-state index in [-0.39, 0.29) is 18.3 Å². The Morgan fingerprint density at radius 2 is 2.25 bits per heavy atom. The topological polar surface area (TPSA) is 110 Å². The third-order valence-corrected chi connectivity index (χ3v) is 3.40. The van der Waals surface area contributed by atoms with Gasteiger partial charge in [-0.3, -0.25) is 4.79 Å². The minimum absolute atomic E-state index is 0.0112. The Morgan fingerprint density at radius 3 is 2.95 bits per heavy atom. The van der Waals surface area contributed by atoms with Crippen molar-refractivity contribution in [3.63, 3.8) is 0 Å². The molecular weight excluding hydrogens is 280 g/mol. The Labute approximate surface area is 122 Å². The summed E-state index contributed by atoms with van der Waals surface area (Å²) in [5.74, 6) is 0.0364. The van der Waals surface area contributed by atoms with E-state index >= 15 is 0 Å². The number of carbonyl (C=O) groups excluding carboxylic acids is 1. The molecule has 114 valence electrons. The van der Waals surface area contributed by atoms with Crippen LogP contribution in [-0.4, -0.2) is 48.9 Å². The van der Waals surface area contributed by atoms with E-state index in [0.717, 1.165) is 13.0 Å². The van der Waals surface area contributed by atoms with Crippen LogP contribution >= 0.6 is 11.3 Å². The van der Waals surface area contributed by atoms with Crippen LogP contribution in [0, 0.1) is 0 Å². The van der Waals surface area contributed by atoms with Crippen LogP contribution < -0.4 is 16.4 Å². The van der Waals surface area contributed by atoms with Crippen molar-refractivity contribution in [1.82, 2.24) is 10.3 Å². The molecule has 0 saturated heterocycles. The second-order valence-electron chi connectivity index (χ2n) is 4.11. The summed E-state index contributed by atoms with van der Waals surface area (Å²) in [4.78, 5) is 16.5. The Bertz CT molecular complexity index is 411. The van der Waals surface area contributed by atoms with Crippen LogP contribution in [0.4, 0.5) is 10.9 Å². The van der Waals surface area contributed by atoms with Crippen LogP contribution in [0.1, 0.15) is 29.4 Å². The number of nitrogens with two attached hydrogens (primary N) is 1. The molecule has 1 rings (SSSR count). The van der Waals surface area contributed by atoms with Gasteiger partial charge in [0.15, 0.2) is 5.13 Å². The number of anilines is 2. The zero-order valence-corrected chi connectivity index (χ0v) is 12.5. The van der Waals surface area contributed by atoms with Crippen LogP contribution in [-0.2, 0) is 4.74 Å². The van der Waals surface area contributed by atoms with E-state index in [0.29, 0.717) is 36.2 Å². The van der Waals surface area contributed by atoms with Crippen molar-refractivity contribution >= 4 is 28.2 Å². The zero-order valence-electron chi connectivity index (χ0n) is 11.6. The highest BCUT2D eigenvalue weighted by Gasteiger charge is 2.15. The number of rotatable bonds is 10. The van der Waals surface area contributed by atoms with Gasteiger partial charge in [0, 0.05) is 19.7 Å². The van der Waals surface area contributed by atoms with Crippen molar-refractivity contribution < 1.29 is 14.6 Å². The molecule has 0 aliphatic heterocycles. The number of hydrogen-bond donors (Lipinski definition) is 4. The fourth-order valence-corrected chi connectivity index (χ4v) is 2.25. The molecule has 20 heavy (non-hydrogen) atoms. The number of hydrogen-bond acceptors (Lipinski definition) is 7. The number of nitrogens with zero attached hydrogens (tertiary/aromatic N) is 1. The number of thiazole rings is 1. The molecule has 1 aromatic heterocycles. The normalized spacial score (nSPS) is 10.5. The molecule has 1 amide bonds. The van der Waals surface area contributed by atoms with E-state index in [1.165, 1.54) is 11.3 Å². The third-order valence-electron chi connectivity index (χ3n) is 2.37. The number of carbonyl (C=O) groups is 1. The molecule has 0 atom stereocenters. The van der Waals surface area contributed by atoms with E-state index in [4.69, 9.17) is 15.6 Å². The fourth-order valence-electron chi connectivity index (χ4n) is 1.43. The van der Waals surface area contributed by atoms with Crippen molar-refractivity contribution in [2.75, 3.05) is 44.0 Å². The van der Waals surface area contributed by atoms with E-state index in [9.17, 15) is 4.79 Å². The highest BCUT2D eigenvalue weighted by atomic mass is 32.1. The molecule has 7 nitrogen and oxygen atoms in total. The van der Waals surface area contributed by atoms with Gasteiger partial charge in [0.05, 0.1) is 13.2 Å². The smallest absolute Gasteiger partial charge is 0.265 e. The zero-order chi connectivity index (χ0) is 14.8. The van der Waals surface area contributed by atoms with Crippen LogP contribution in [0.2, 0.25) is 0 Å². The summed E-state index contributed by atoms with van der Waals surface area (Å²) in [6.07, 6.45) is 1.67. The third kappa shape index (κ3) is 5.72. The molecular formula is C12H22N4O3S. The molecule has 0 aliphatic rings. The van der Waals surface area contributed by atoms with Gasteiger partial charge < -0.3 is 26.2 Å². The summed E-state index contributed by atoms with van der Waals surface area (Å²) in [7, 11) is 0. The highest BCUT2D eigenvalue weighted by Crippen LogP contribution is 2.24. The van der Waals surface area contributed by atoms with Gasteiger partial charge >= 0.3 is 0 Å². The number of aliphatic hydroxyl groups excluding tert-OH is 1. The molecule has 0 unspecified atom stereocenters. The van der Waals surface area contributed by atoms with Crippen LogP contribution in [0.15, 0.2) is 0 Å². The number of nitrogens with one attached hydrogen (secondary N) is 2. The van der Waals surface area contributed by atoms with Gasteiger partial charge in [0.1, 0.15) is 10.7 Å². The van der Waals surface area contributed by atoms with Crippen LogP contribution in [0.3, 0.4) is 0 Å². The lowest BCUT2D eigenvalue weighted by atomic mass is 10.4. The molecule has 5 N–H and O–H groups in total. The van der Waals surface area contributed by atoms with E-state index in [1.807, 2.05) is 0 Å². The molecule has 0 aliphatic carbocycles. The first-order chi connectivity index (χ1) is 9.69. The number of aromatic nitrogens is 1. The van der Waals surface area contributed by atoms with Crippen molar-refractivity contribution in [2.45, 2.75) is 19.8 Å². The van der Waals surface area contributed by atoms with Gasteiger partial charge in [-0.2, -0.15) is 0 Å². The van der Waals surface area contributed by atoms with Crippen molar-refractivity contribution in [3.8, 4) is 0 Å². The predicted molar refractivity (Wildman–Crippen MR) is 80.2 cm³/mol. The standard InChI is InChI=1S/C12H22N4O3S/c1-2-4-15-12-16-10(13)9(20-12)11(18)14-5-3-7-19-8-6-17/h17H,2-8,13H2,1H3,(H,14,18)(H,15,16). The quantitative estimate of drug-likeness (QED) is 0.473. The lowest BCUT2D eigenvalue weighted by molar-refractivity contribution is 0.0869. The highest BCUT2D eigenvalue weighted by molar-refractivity contribution is 7.18. The van der Waals surface area contributed by atoms with Gasteiger partial charge in [-0.15, -0.1) is 0 Å². The van der Waals surface area contributed by atoms with Crippen molar-refractivity contribution in [1.29, 1.82) is 0 Å². The molecule has 0 radical (unpaired) electrons. The number of amides is 1. The molecule has 8 heteroatoms.